The van der Waals surface area contributed by atoms with Gasteiger partial charge in [-0.1, -0.05) is 0 Å². The van der Waals surface area contributed by atoms with Gasteiger partial charge in [-0.05, 0) is 19.9 Å². The highest BCUT2D eigenvalue weighted by molar-refractivity contribution is 4.89. The molecule has 0 saturated heterocycles. The summed E-state index contributed by atoms with van der Waals surface area (Å²) in [7, 11) is 3.51. The molecule has 0 aromatic rings. The van der Waals surface area contributed by atoms with Crippen molar-refractivity contribution in [3.63, 3.8) is 0 Å². The van der Waals surface area contributed by atoms with Gasteiger partial charge >= 0.3 is 0 Å². The lowest BCUT2D eigenvalue weighted by molar-refractivity contribution is 0.000756. The summed E-state index contributed by atoms with van der Waals surface area (Å²) in [5.41, 5.74) is 0. The number of ether oxygens (including phenoxy) is 1. The molecule has 10 heavy (non-hydrogen) atoms. The van der Waals surface area contributed by atoms with E-state index in [1.54, 1.807) is 7.11 Å². The molecule has 0 spiro atoms. The number of aliphatic hydroxyl groups is 1. The van der Waals surface area contributed by atoms with Gasteiger partial charge in [0.1, 0.15) is 0 Å². The summed E-state index contributed by atoms with van der Waals surface area (Å²) in [6, 6.07) is 0.227. The zero-order valence-electron chi connectivity index (χ0n) is 6.50. The Kier molecular flexibility index (Phi) is 2.65. The lowest BCUT2D eigenvalue weighted by atomic mass is 10.2. The fourth-order valence-corrected chi connectivity index (χ4v) is 1.52. The van der Waals surface area contributed by atoms with Crippen molar-refractivity contribution in [1.29, 1.82) is 0 Å². The van der Waals surface area contributed by atoms with Gasteiger partial charge in [-0.2, -0.15) is 0 Å². The molecule has 1 fully saturated rings. The normalized spacial score (nSPS) is 40.5. The van der Waals surface area contributed by atoms with E-state index in [9.17, 15) is 5.11 Å². The molecule has 0 heterocycles. The minimum absolute atomic E-state index is 0.0393. The summed E-state index contributed by atoms with van der Waals surface area (Å²) in [6.07, 6.45) is 1.69. The summed E-state index contributed by atoms with van der Waals surface area (Å²) in [5.74, 6) is 0. The van der Waals surface area contributed by atoms with Crippen LogP contribution in [0.3, 0.4) is 0 Å². The van der Waals surface area contributed by atoms with Gasteiger partial charge < -0.3 is 15.2 Å². The molecule has 0 bridgehead atoms. The van der Waals surface area contributed by atoms with Gasteiger partial charge in [-0.15, -0.1) is 0 Å². The van der Waals surface area contributed by atoms with Gasteiger partial charge in [0.2, 0.25) is 0 Å². The smallest absolute Gasteiger partial charge is 0.0954 e. The molecule has 2 N–H and O–H groups in total. The fourth-order valence-electron chi connectivity index (χ4n) is 1.52. The van der Waals surface area contributed by atoms with E-state index in [0.29, 0.717) is 0 Å². The van der Waals surface area contributed by atoms with Crippen LogP contribution in [0, 0.1) is 0 Å². The van der Waals surface area contributed by atoms with E-state index in [1.807, 2.05) is 7.05 Å². The minimum atomic E-state index is -0.324. The number of likely N-dealkylation sites (N-methyl/N-ethyl adjacent to an activating group) is 1. The first kappa shape index (κ1) is 7.98. The molecule has 1 aliphatic carbocycles. The van der Waals surface area contributed by atoms with Crippen LogP contribution in [-0.4, -0.2) is 37.5 Å². The summed E-state index contributed by atoms with van der Waals surface area (Å²) < 4.78 is 5.07. The first-order valence-corrected chi connectivity index (χ1v) is 3.67. The summed E-state index contributed by atoms with van der Waals surface area (Å²) in [5, 5.41) is 12.5. The first-order valence-electron chi connectivity index (χ1n) is 3.67. The molecular formula is C7H15NO2. The van der Waals surface area contributed by atoms with Gasteiger partial charge in [0.15, 0.2) is 0 Å². The van der Waals surface area contributed by atoms with Gasteiger partial charge in [-0.25, -0.2) is 0 Å². The standard InChI is InChI=1S/C7H15NO2/c1-8-5-3-4-6(10-2)7(5)9/h5-9H,3-4H2,1-2H3/t5-,6-,7-/m1/s1. The Labute approximate surface area is 61.4 Å². The van der Waals surface area contributed by atoms with E-state index in [-0.39, 0.29) is 18.2 Å². The van der Waals surface area contributed by atoms with Crippen molar-refractivity contribution in [2.75, 3.05) is 14.2 Å². The van der Waals surface area contributed by atoms with E-state index in [1.165, 1.54) is 0 Å². The maximum atomic E-state index is 9.46. The SMILES string of the molecule is CN[C@@H]1CC[C@@H](OC)[C@@H]1O. The molecule has 0 aromatic heterocycles. The molecule has 0 aromatic carbocycles. The van der Waals surface area contributed by atoms with Crippen LogP contribution in [0.4, 0.5) is 0 Å². The molecule has 3 heteroatoms. The average molecular weight is 145 g/mol. The molecule has 60 valence electrons. The monoisotopic (exact) mass is 145 g/mol. The van der Waals surface area contributed by atoms with Crippen molar-refractivity contribution in [3.8, 4) is 0 Å². The second-order valence-electron chi connectivity index (χ2n) is 2.74. The number of hydrogen-bond donors (Lipinski definition) is 2. The maximum absolute atomic E-state index is 9.46. The second-order valence-corrected chi connectivity index (χ2v) is 2.74. The Bertz CT molecular complexity index is 95.8. The van der Waals surface area contributed by atoms with Crippen molar-refractivity contribution < 1.29 is 9.84 Å². The lowest BCUT2D eigenvalue weighted by Crippen LogP contribution is -2.38. The summed E-state index contributed by atoms with van der Waals surface area (Å²) in [6.45, 7) is 0. The third-order valence-electron chi connectivity index (χ3n) is 2.23. The predicted molar refractivity (Wildman–Crippen MR) is 38.9 cm³/mol. The molecule has 3 nitrogen and oxygen atoms in total. The van der Waals surface area contributed by atoms with Crippen molar-refractivity contribution in [1.82, 2.24) is 5.32 Å². The zero-order valence-corrected chi connectivity index (χ0v) is 6.50. The van der Waals surface area contributed by atoms with Crippen LogP contribution < -0.4 is 5.32 Å². The largest absolute Gasteiger partial charge is 0.389 e. The Hall–Kier alpha value is -0.120. The average Bonchev–Trinajstić information content (AvgIpc) is 2.30. The first-order chi connectivity index (χ1) is 4.79. The van der Waals surface area contributed by atoms with Crippen molar-refractivity contribution in [2.45, 2.75) is 31.1 Å². The van der Waals surface area contributed by atoms with Crippen LogP contribution in [0.5, 0.6) is 0 Å². The van der Waals surface area contributed by atoms with Crippen LogP contribution in [0.1, 0.15) is 12.8 Å². The molecule has 3 atom stereocenters. The van der Waals surface area contributed by atoms with Gasteiger partial charge in [0.05, 0.1) is 12.2 Å². The minimum Gasteiger partial charge on any atom is -0.389 e. The third kappa shape index (κ3) is 1.31. The van der Waals surface area contributed by atoms with Crippen LogP contribution >= 0.6 is 0 Å². The Morgan fingerprint density at radius 1 is 1.50 bits per heavy atom. The predicted octanol–water partition coefficient (Wildman–Crippen LogP) is -0.256. The van der Waals surface area contributed by atoms with Gasteiger partial charge in [0, 0.05) is 13.2 Å². The summed E-state index contributed by atoms with van der Waals surface area (Å²) in [4.78, 5) is 0. The number of hydrogen-bond acceptors (Lipinski definition) is 3. The Morgan fingerprint density at radius 3 is 2.50 bits per heavy atom. The molecule has 0 amide bonds. The molecule has 0 unspecified atom stereocenters. The van der Waals surface area contributed by atoms with E-state index in [0.717, 1.165) is 12.8 Å². The maximum Gasteiger partial charge on any atom is 0.0954 e. The van der Waals surface area contributed by atoms with Crippen molar-refractivity contribution in [3.05, 3.63) is 0 Å². The third-order valence-corrected chi connectivity index (χ3v) is 2.23. The molecular weight excluding hydrogens is 130 g/mol. The van der Waals surface area contributed by atoms with Crippen LogP contribution in [0.25, 0.3) is 0 Å². The quantitative estimate of drug-likeness (QED) is 0.562. The number of rotatable bonds is 2. The fraction of sp³-hybridized carbons (Fsp3) is 1.00. The Morgan fingerprint density at radius 2 is 2.20 bits per heavy atom. The molecule has 0 radical (unpaired) electrons. The van der Waals surface area contributed by atoms with Crippen LogP contribution in [0.2, 0.25) is 0 Å². The Balaban J connectivity index is 2.41. The zero-order chi connectivity index (χ0) is 7.56. The number of aliphatic hydroxyl groups excluding tert-OH is 1. The highest BCUT2D eigenvalue weighted by atomic mass is 16.5. The summed E-state index contributed by atoms with van der Waals surface area (Å²) >= 11 is 0. The van der Waals surface area contributed by atoms with E-state index in [2.05, 4.69) is 5.32 Å². The van der Waals surface area contributed by atoms with Gasteiger partial charge in [-0.3, -0.25) is 0 Å². The molecule has 0 aliphatic heterocycles. The van der Waals surface area contributed by atoms with E-state index in [4.69, 9.17) is 4.74 Å². The van der Waals surface area contributed by atoms with Gasteiger partial charge in [0.25, 0.3) is 0 Å². The topological polar surface area (TPSA) is 41.5 Å². The van der Waals surface area contributed by atoms with Crippen LogP contribution in [-0.2, 0) is 4.74 Å². The molecule has 1 rings (SSSR count). The van der Waals surface area contributed by atoms with E-state index < -0.39 is 0 Å². The highest BCUT2D eigenvalue weighted by Crippen LogP contribution is 2.21. The van der Waals surface area contributed by atoms with Crippen molar-refractivity contribution in [2.24, 2.45) is 0 Å². The van der Waals surface area contributed by atoms with E-state index >= 15 is 0 Å². The van der Waals surface area contributed by atoms with Crippen molar-refractivity contribution >= 4 is 0 Å². The second kappa shape index (κ2) is 3.32. The molecule has 1 aliphatic rings. The lowest BCUT2D eigenvalue weighted by Gasteiger charge is -2.17. The van der Waals surface area contributed by atoms with Crippen LogP contribution in [0.15, 0.2) is 0 Å². The number of nitrogens with one attached hydrogen (secondary N) is 1. The highest BCUT2D eigenvalue weighted by Gasteiger charge is 2.33. The molecule has 1 saturated carbocycles. The number of methoxy groups -OCH3 is 1.